The average Bonchev–Trinajstić information content (AvgIpc) is 2.69. The topological polar surface area (TPSA) is 68.7 Å². The Hall–Kier alpha value is -2.56. The minimum absolute atomic E-state index is 0.160. The lowest BCUT2D eigenvalue weighted by molar-refractivity contribution is 0.0696. The van der Waals surface area contributed by atoms with E-state index in [1.54, 1.807) is 12.3 Å². The summed E-state index contributed by atoms with van der Waals surface area (Å²) in [5.41, 5.74) is 1.74. The maximum atomic E-state index is 11.0. The second-order valence-electron chi connectivity index (χ2n) is 5.16. The summed E-state index contributed by atoms with van der Waals surface area (Å²) in [6.07, 6.45) is 2.96. The van der Waals surface area contributed by atoms with Crippen LogP contribution in [0.25, 0.3) is 11.1 Å². The second-order valence-corrected chi connectivity index (χ2v) is 5.16. The molecule has 0 bridgehead atoms. The van der Waals surface area contributed by atoms with Crippen LogP contribution in [0.5, 0.6) is 11.5 Å². The molecule has 1 aromatic heterocycles. The summed E-state index contributed by atoms with van der Waals surface area (Å²) in [6.45, 7) is 3.29. The molecule has 5 nitrogen and oxygen atoms in total. The lowest BCUT2D eigenvalue weighted by Crippen LogP contribution is -2.12. The molecule has 5 heteroatoms. The van der Waals surface area contributed by atoms with E-state index in [1.165, 1.54) is 6.20 Å². The number of nitrogens with zero attached hydrogens (tertiary/aromatic N) is 1. The van der Waals surface area contributed by atoms with Gasteiger partial charge in [0.1, 0.15) is 0 Å². The fourth-order valence-electron chi connectivity index (χ4n) is 2.15. The summed E-state index contributed by atoms with van der Waals surface area (Å²) in [6, 6.07) is 7.17. The molecule has 1 aliphatic heterocycles. The van der Waals surface area contributed by atoms with Crippen LogP contribution in [0.15, 0.2) is 36.7 Å². The van der Waals surface area contributed by atoms with Crippen LogP contribution in [0.1, 0.15) is 17.3 Å². The maximum absolute atomic E-state index is 11.0. The Bertz CT molecular complexity index is 684. The first-order valence-electron chi connectivity index (χ1n) is 6.72. The number of hydrogen-bond acceptors (Lipinski definition) is 4. The molecule has 2 heterocycles. The number of hydrogen-bond donors (Lipinski definition) is 1. The molecule has 0 saturated heterocycles. The maximum Gasteiger partial charge on any atom is 0.337 e. The molecule has 108 valence electrons. The Labute approximate surface area is 122 Å². The van der Waals surface area contributed by atoms with Crippen molar-refractivity contribution >= 4 is 5.97 Å². The van der Waals surface area contributed by atoms with E-state index in [4.69, 9.17) is 14.6 Å². The molecule has 1 atom stereocenters. The minimum Gasteiger partial charge on any atom is -0.489 e. The summed E-state index contributed by atoms with van der Waals surface area (Å²) < 4.78 is 11.4. The monoisotopic (exact) mass is 285 g/mol. The van der Waals surface area contributed by atoms with Crippen LogP contribution < -0.4 is 9.47 Å². The number of carboxylic acids is 1. The third-order valence-electron chi connectivity index (χ3n) is 3.31. The number of carboxylic acid groups (broad SMARTS) is 1. The summed E-state index contributed by atoms with van der Waals surface area (Å²) in [4.78, 5) is 15.0. The Balaban J connectivity index is 1.97. The first kappa shape index (κ1) is 13.4. The number of fused-ring (bicyclic) bond motifs is 1. The highest BCUT2D eigenvalue weighted by atomic mass is 16.5. The van der Waals surface area contributed by atoms with Crippen LogP contribution in [0.3, 0.4) is 0 Å². The number of aromatic carboxylic acids is 1. The fraction of sp³-hybridized carbons (Fsp3) is 0.250. The van der Waals surface area contributed by atoms with Crippen molar-refractivity contribution in [2.24, 2.45) is 5.92 Å². The molecule has 0 saturated carbocycles. The van der Waals surface area contributed by atoms with Gasteiger partial charge in [-0.3, -0.25) is 4.98 Å². The van der Waals surface area contributed by atoms with Gasteiger partial charge in [-0.1, -0.05) is 13.0 Å². The standard InChI is InChI=1S/C16H15NO4/c1-10-8-20-14-3-2-11(5-15(14)21-9-10)12-4-13(16(18)19)7-17-6-12/h2-7,10H,8-9H2,1H3,(H,18,19). The van der Waals surface area contributed by atoms with Gasteiger partial charge in [0, 0.05) is 23.9 Å². The van der Waals surface area contributed by atoms with E-state index in [0.717, 1.165) is 11.1 Å². The highest BCUT2D eigenvalue weighted by Crippen LogP contribution is 2.34. The van der Waals surface area contributed by atoms with Gasteiger partial charge in [-0.15, -0.1) is 0 Å². The number of benzene rings is 1. The smallest absolute Gasteiger partial charge is 0.337 e. The zero-order valence-electron chi connectivity index (χ0n) is 11.6. The van der Waals surface area contributed by atoms with E-state index >= 15 is 0 Å². The van der Waals surface area contributed by atoms with Crippen molar-refractivity contribution in [1.29, 1.82) is 0 Å². The number of carbonyl (C=O) groups is 1. The van der Waals surface area contributed by atoms with Gasteiger partial charge in [0.15, 0.2) is 11.5 Å². The van der Waals surface area contributed by atoms with E-state index in [-0.39, 0.29) is 5.56 Å². The predicted molar refractivity (Wildman–Crippen MR) is 76.8 cm³/mol. The van der Waals surface area contributed by atoms with Crippen LogP contribution in [-0.2, 0) is 0 Å². The van der Waals surface area contributed by atoms with E-state index in [2.05, 4.69) is 11.9 Å². The molecule has 0 amide bonds. The van der Waals surface area contributed by atoms with E-state index in [1.807, 2.05) is 18.2 Å². The molecule has 21 heavy (non-hydrogen) atoms. The molecule has 0 aliphatic carbocycles. The summed E-state index contributed by atoms with van der Waals surface area (Å²) in [5, 5.41) is 9.03. The SMILES string of the molecule is CC1COc2ccc(-c3cncc(C(=O)O)c3)cc2OC1. The van der Waals surface area contributed by atoms with Gasteiger partial charge in [-0.25, -0.2) is 4.79 Å². The van der Waals surface area contributed by atoms with Crippen molar-refractivity contribution in [2.45, 2.75) is 6.92 Å². The van der Waals surface area contributed by atoms with Crippen molar-refractivity contribution in [3.63, 3.8) is 0 Å². The highest BCUT2D eigenvalue weighted by Gasteiger charge is 2.16. The van der Waals surface area contributed by atoms with E-state index in [0.29, 0.717) is 30.6 Å². The third kappa shape index (κ3) is 2.81. The lowest BCUT2D eigenvalue weighted by atomic mass is 10.1. The number of rotatable bonds is 2. The Morgan fingerprint density at radius 2 is 1.90 bits per heavy atom. The van der Waals surface area contributed by atoms with Crippen LogP contribution in [0, 0.1) is 5.92 Å². The van der Waals surface area contributed by atoms with Gasteiger partial charge in [-0.05, 0) is 23.8 Å². The van der Waals surface area contributed by atoms with Crippen LogP contribution in [0.2, 0.25) is 0 Å². The van der Waals surface area contributed by atoms with E-state index in [9.17, 15) is 4.79 Å². The van der Waals surface area contributed by atoms with Crippen molar-refractivity contribution in [3.05, 3.63) is 42.2 Å². The third-order valence-corrected chi connectivity index (χ3v) is 3.31. The van der Waals surface area contributed by atoms with Gasteiger partial charge < -0.3 is 14.6 Å². The van der Waals surface area contributed by atoms with Gasteiger partial charge in [-0.2, -0.15) is 0 Å². The molecule has 0 fully saturated rings. The summed E-state index contributed by atoms with van der Waals surface area (Å²) in [5.74, 6) is 0.730. The first-order chi connectivity index (χ1) is 10.1. The minimum atomic E-state index is -0.993. The predicted octanol–water partition coefficient (Wildman–Crippen LogP) is 2.85. The first-order valence-corrected chi connectivity index (χ1v) is 6.72. The van der Waals surface area contributed by atoms with Crippen LogP contribution in [-0.4, -0.2) is 29.3 Å². The van der Waals surface area contributed by atoms with Crippen LogP contribution in [0.4, 0.5) is 0 Å². The van der Waals surface area contributed by atoms with Crippen molar-refractivity contribution in [2.75, 3.05) is 13.2 Å². The molecule has 1 N–H and O–H groups in total. The molecule has 1 unspecified atom stereocenters. The second kappa shape index (κ2) is 5.44. The molecule has 1 aromatic carbocycles. The Morgan fingerprint density at radius 1 is 1.14 bits per heavy atom. The normalized spacial score (nSPS) is 17.1. The molecule has 0 spiro atoms. The fourth-order valence-corrected chi connectivity index (χ4v) is 2.15. The largest absolute Gasteiger partial charge is 0.489 e. The summed E-state index contributed by atoms with van der Waals surface area (Å²) in [7, 11) is 0. The van der Waals surface area contributed by atoms with Crippen molar-refractivity contribution in [1.82, 2.24) is 4.98 Å². The van der Waals surface area contributed by atoms with Crippen molar-refractivity contribution < 1.29 is 19.4 Å². The average molecular weight is 285 g/mol. The Kier molecular flexibility index (Phi) is 3.48. The number of pyridine rings is 1. The summed E-state index contributed by atoms with van der Waals surface area (Å²) >= 11 is 0. The molecule has 1 aliphatic rings. The van der Waals surface area contributed by atoms with Gasteiger partial charge in [0.25, 0.3) is 0 Å². The molecule has 3 rings (SSSR count). The highest BCUT2D eigenvalue weighted by molar-refractivity contribution is 5.88. The van der Waals surface area contributed by atoms with Crippen LogP contribution >= 0.6 is 0 Å². The lowest BCUT2D eigenvalue weighted by Gasteiger charge is -2.09. The zero-order chi connectivity index (χ0) is 14.8. The van der Waals surface area contributed by atoms with E-state index < -0.39 is 5.97 Å². The molecule has 0 radical (unpaired) electrons. The quantitative estimate of drug-likeness (QED) is 0.918. The van der Waals surface area contributed by atoms with Crippen molar-refractivity contribution in [3.8, 4) is 22.6 Å². The molecular weight excluding hydrogens is 270 g/mol. The molecule has 2 aromatic rings. The zero-order valence-corrected chi connectivity index (χ0v) is 11.6. The van der Waals surface area contributed by atoms with Gasteiger partial charge in [0.05, 0.1) is 18.8 Å². The van der Waals surface area contributed by atoms with Gasteiger partial charge >= 0.3 is 5.97 Å². The number of aromatic nitrogens is 1. The molecular formula is C16H15NO4. The number of ether oxygens (including phenoxy) is 2. The van der Waals surface area contributed by atoms with Gasteiger partial charge in [0.2, 0.25) is 0 Å². The Morgan fingerprint density at radius 3 is 2.67 bits per heavy atom.